The number of carbonyl (C=O) groups is 1. The van der Waals surface area contributed by atoms with Crippen molar-refractivity contribution in [1.29, 1.82) is 0 Å². The maximum Gasteiger partial charge on any atom is 0.410 e. The Labute approximate surface area is 139 Å². The molecule has 0 unspecified atom stereocenters. The first-order valence-corrected chi connectivity index (χ1v) is 8.58. The molecule has 3 rings (SSSR count). The first kappa shape index (κ1) is 16.3. The zero-order valence-electron chi connectivity index (χ0n) is 14.4. The topological polar surface area (TPSA) is 55.6 Å². The molecular weight excluding hydrogens is 288 g/mol. The van der Waals surface area contributed by atoms with E-state index in [1.54, 1.807) is 0 Å². The number of hydrogen-bond donors (Lipinski definition) is 1. The van der Waals surface area contributed by atoms with E-state index < -0.39 is 5.60 Å². The van der Waals surface area contributed by atoms with Crippen LogP contribution in [0.3, 0.4) is 0 Å². The summed E-state index contributed by atoms with van der Waals surface area (Å²) in [6.45, 7) is 7.13. The Balaban J connectivity index is 1.72. The minimum atomic E-state index is -0.466. The molecule has 2 aliphatic carbocycles. The van der Waals surface area contributed by atoms with Gasteiger partial charge in [-0.15, -0.1) is 0 Å². The third kappa shape index (κ3) is 3.86. The van der Waals surface area contributed by atoms with Crippen molar-refractivity contribution in [2.75, 3.05) is 13.1 Å². The molecule has 2 N–H and O–H groups in total. The molecule has 0 spiro atoms. The third-order valence-electron chi connectivity index (χ3n) is 4.91. The molecule has 2 fully saturated rings. The largest absolute Gasteiger partial charge is 0.444 e. The molecule has 0 bridgehead atoms. The highest BCUT2D eigenvalue weighted by molar-refractivity contribution is 5.69. The van der Waals surface area contributed by atoms with Crippen LogP contribution in [0.4, 0.5) is 4.79 Å². The van der Waals surface area contributed by atoms with Gasteiger partial charge in [-0.3, -0.25) is 0 Å². The molecule has 4 nitrogen and oxygen atoms in total. The zero-order chi connectivity index (χ0) is 16.7. The van der Waals surface area contributed by atoms with E-state index in [-0.39, 0.29) is 17.6 Å². The molecule has 2 aliphatic rings. The molecule has 0 aliphatic heterocycles. The van der Waals surface area contributed by atoms with E-state index in [1.165, 1.54) is 5.56 Å². The summed E-state index contributed by atoms with van der Waals surface area (Å²) < 4.78 is 5.65. The Morgan fingerprint density at radius 1 is 1.30 bits per heavy atom. The van der Waals surface area contributed by atoms with E-state index in [2.05, 4.69) is 24.3 Å². The second-order valence-electron chi connectivity index (χ2n) is 8.13. The fraction of sp³-hybridized carbons (Fsp3) is 0.632. The molecule has 1 aromatic rings. The van der Waals surface area contributed by atoms with Crippen molar-refractivity contribution in [2.24, 2.45) is 11.1 Å². The number of rotatable bonds is 5. The van der Waals surface area contributed by atoms with Gasteiger partial charge in [0.25, 0.3) is 0 Å². The summed E-state index contributed by atoms with van der Waals surface area (Å²) in [4.78, 5) is 14.6. The second kappa shape index (κ2) is 5.82. The SMILES string of the molecule is CC(C)(C)OC(=O)N(CC1(CN)CC1)[C@H]1C[C@@H]1c1ccccc1. The van der Waals surface area contributed by atoms with Crippen LogP contribution in [0.2, 0.25) is 0 Å². The van der Waals surface area contributed by atoms with Crippen LogP contribution in [0.25, 0.3) is 0 Å². The van der Waals surface area contributed by atoms with E-state index in [0.717, 1.165) is 25.8 Å². The van der Waals surface area contributed by atoms with Crippen molar-refractivity contribution in [1.82, 2.24) is 4.90 Å². The van der Waals surface area contributed by atoms with Crippen molar-refractivity contribution < 1.29 is 9.53 Å². The minimum Gasteiger partial charge on any atom is -0.444 e. The fourth-order valence-corrected chi connectivity index (χ4v) is 3.19. The van der Waals surface area contributed by atoms with E-state index in [1.807, 2.05) is 31.7 Å². The summed E-state index contributed by atoms with van der Waals surface area (Å²) in [5.41, 5.74) is 6.90. The van der Waals surface area contributed by atoms with Crippen LogP contribution in [-0.2, 0) is 4.74 Å². The smallest absolute Gasteiger partial charge is 0.410 e. The van der Waals surface area contributed by atoms with Gasteiger partial charge < -0.3 is 15.4 Å². The monoisotopic (exact) mass is 316 g/mol. The van der Waals surface area contributed by atoms with E-state index in [9.17, 15) is 4.79 Å². The number of benzene rings is 1. The quantitative estimate of drug-likeness (QED) is 0.904. The van der Waals surface area contributed by atoms with Gasteiger partial charge in [-0.25, -0.2) is 4.79 Å². The molecule has 2 saturated carbocycles. The first-order chi connectivity index (χ1) is 10.8. The number of amides is 1. The Bertz CT molecular complexity index is 560. The molecule has 0 heterocycles. The van der Waals surface area contributed by atoms with Gasteiger partial charge in [-0.05, 0) is 52.1 Å². The Kier molecular flexibility index (Phi) is 4.13. The maximum atomic E-state index is 12.7. The third-order valence-corrected chi connectivity index (χ3v) is 4.91. The lowest BCUT2D eigenvalue weighted by molar-refractivity contribution is 0.0190. The van der Waals surface area contributed by atoms with Gasteiger partial charge in [0.15, 0.2) is 0 Å². The highest BCUT2D eigenvalue weighted by atomic mass is 16.6. The maximum absolute atomic E-state index is 12.7. The summed E-state index contributed by atoms with van der Waals surface area (Å²) in [6, 6.07) is 10.7. The van der Waals surface area contributed by atoms with Crippen molar-refractivity contribution in [2.45, 2.75) is 57.6 Å². The van der Waals surface area contributed by atoms with E-state index in [0.29, 0.717) is 12.5 Å². The standard InChI is InChI=1S/C19H28N2O2/c1-18(2,3)23-17(22)21(13-19(12-20)9-10-19)16-11-15(16)14-7-5-4-6-8-14/h4-8,15-16H,9-13,20H2,1-3H3/t15-,16+/m1/s1. The fourth-order valence-electron chi connectivity index (χ4n) is 3.19. The molecule has 126 valence electrons. The highest BCUT2D eigenvalue weighted by Crippen LogP contribution is 2.50. The van der Waals surface area contributed by atoms with Gasteiger partial charge in [0.2, 0.25) is 0 Å². The molecule has 2 atom stereocenters. The van der Waals surface area contributed by atoms with Crippen LogP contribution < -0.4 is 5.73 Å². The van der Waals surface area contributed by atoms with Gasteiger partial charge in [0, 0.05) is 23.9 Å². The van der Waals surface area contributed by atoms with Gasteiger partial charge in [-0.1, -0.05) is 30.3 Å². The molecule has 0 aromatic heterocycles. The zero-order valence-corrected chi connectivity index (χ0v) is 14.4. The van der Waals surface area contributed by atoms with Crippen molar-refractivity contribution in [3.8, 4) is 0 Å². The first-order valence-electron chi connectivity index (χ1n) is 8.58. The number of carbonyl (C=O) groups excluding carboxylic acids is 1. The molecule has 1 aromatic carbocycles. The average Bonchev–Trinajstić information content (AvgIpc) is 3.39. The predicted octanol–water partition coefficient (Wildman–Crippen LogP) is 3.52. The summed E-state index contributed by atoms with van der Waals surface area (Å²) in [5.74, 6) is 0.428. The van der Waals surface area contributed by atoms with Gasteiger partial charge in [0.1, 0.15) is 5.60 Å². The van der Waals surface area contributed by atoms with E-state index >= 15 is 0 Å². The van der Waals surface area contributed by atoms with Crippen molar-refractivity contribution >= 4 is 6.09 Å². The van der Waals surface area contributed by atoms with Crippen LogP contribution in [0, 0.1) is 5.41 Å². The lowest BCUT2D eigenvalue weighted by atomic mass is 10.1. The van der Waals surface area contributed by atoms with Crippen LogP contribution >= 0.6 is 0 Å². The van der Waals surface area contributed by atoms with Crippen LogP contribution in [-0.4, -0.2) is 35.7 Å². The Morgan fingerprint density at radius 2 is 1.96 bits per heavy atom. The molecule has 4 heteroatoms. The van der Waals surface area contributed by atoms with Crippen LogP contribution in [0.1, 0.15) is 51.5 Å². The normalized spacial score (nSPS) is 24.9. The number of nitrogens with zero attached hydrogens (tertiary/aromatic N) is 1. The summed E-state index contributed by atoms with van der Waals surface area (Å²) >= 11 is 0. The summed E-state index contributed by atoms with van der Waals surface area (Å²) in [7, 11) is 0. The average molecular weight is 316 g/mol. The predicted molar refractivity (Wildman–Crippen MR) is 91.2 cm³/mol. The van der Waals surface area contributed by atoms with Crippen molar-refractivity contribution in [3.63, 3.8) is 0 Å². The Hall–Kier alpha value is -1.55. The van der Waals surface area contributed by atoms with Crippen LogP contribution in [0.5, 0.6) is 0 Å². The molecule has 0 radical (unpaired) electrons. The summed E-state index contributed by atoms with van der Waals surface area (Å²) in [5, 5.41) is 0. The number of nitrogens with two attached hydrogens (primary N) is 1. The minimum absolute atomic E-state index is 0.126. The molecule has 1 amide bonds. The lowest BCUT2D eigenvalue weighted by Gasteiger charge is -2.30. The number of hydrogen-bond acceptors (Lipinski definition) is 3. The lowest BCUT2D eigenvalue weighted by Crippen LogP contribution is -2.43. The Morgan fingerprint density at radius 3 is 2.48 bits per heavy atom. The van der Waals surface area contributed by atoms with Gasteiger partial charge in [0.05, 0.1) is 0 Å². The molecular formula is C19H28N2O2. The van der Waals surface area contributed by atoms with Gasteiger partial charge in [-0.2, -0.15) is 0 Å². The van der Waals surface area contributed by atoms with E-state index in [4.69, 9.17) is 10.5 Å². The molecule has 0 saturated heterocycles. The van der Waals surface area contributed by atoms with Crippen LogP contribution in [0.15, 0.2) is 30.3 Å². The van der Waals surface area contributed by atoms with Gasteiger partial charge >= 0.3 is 6.09 Å². The molecule has 23 heavy (non-hydrogen) atoms. The summed E-state index contributed by atoms with van der Waals surface area (Å²) in [6.07, 6.45) is 3.06. The van der Waals surface area contributed by atoms with Crippen molar-refractivity contribution in [3.05, 3.63) is 35.9 Å². The highest BCUT2D eigenvalue weighted by Gasteiger charge is 2.51. The number of ether oxygens (including phenoxy) is 1. The second-order valence-corrected chi connectivity index (χ2v) is 8.13.